The first-order valence-corrected chi connectivity index (χ1v) is 8.11. The van der Waals surface area contributed by atoms with E-state index in [0.29, 0.717) is 29.4 Å². The van der Waals surface area contributed by atoms with Crippen LogP contribution in [0.15, 0.2) is 48.2 Å². The summed E-state index contributed by atoms with van der Waals surface area (Å²) in [6.45, 7) is 1.87. The molecule has 0 aromatic heterocycles. The van der Waals surface area contributed by atoms with Crippen molar-refractivity contribution in [3.63, 3.8) is 0 Å². The van der Waals surface area contributed by atoms with Gasteiger partial charge in [0.2, 0.25) is 5.78 Å². The Morgan fingerprint density at radius 1 is 1.15 bits per heavy atom. The molecule has 26 heavy (non-hydrogen) atoms. The third-order valence-corrected chi connectivity index (χ3v) is 3.69. The second-order valence-electron chi connectivity index (χ2n) is 5.47. The number of hydrogen-bond acceptors (Lipinski definition) is 6. The number of esters is 1. The molecule has 0 aliphatic carbocycles. The van der Waals surface area contributed by atoms with E-state index in [2.05, 4.69) is 0 Å². The summed E-state index contributed by atoms with van der Waals surface area (Å²) < 4.78 is 21.0. The Hall–Kier alpha value is -3.28. The van der Waals surface area contributed by atoms with Gasteiger partial charge >= 0.3 is 5.97 Å². The van der Waals surface area contributed by atoms with Crippen LogP contribution in [-0.4, -0.2) is 32.1 Å². The van der Waals surface area contributed by atoms with Crippen molar-refractivity contribution < 1.29 is 28.5 Å². The van der Waals surface area contributed by atoms with Crippen molar-refractivity contribution in [3.05, 3.63) is 59.4 Å². The Labute approximate surface area is 150 Å². The van der Waals surface area contributed by atoms with Gasteiger partial charge in [-0.1, -0.05) is 12.1 Å². The van der Waals surface area contributed by atoms with Crippen molar-refractivity contribution in [2.75, 3.05) is 20.3 Å². The van der Waals surface area contributed by atoms with E-state index in [-0.39, 0.29) is 18.1 Å². The molecule has 1 aliphatic heterocycles. The summed E-state index contributed by atoms with van der Waals surface area (Å²) in [5, 5.41) is 0. The van der Waals surface area contributed by atoms with Gasteiger partial charge in [-0.05, 0) is 42.8 Å². The lowest BCUT2D eigenvalue weighted by Gasteiger charge is -2.06. The normalized spacial score (nSPS) is 13.9. The lowest BCUT2D eigenvalue weighted by Crippen LogP contribution is -2.14. The molecule has 0 N–H and O–H groups in total. The zero-order valence-electron chi connectivity index (χ0n) is 14.5. The summed E-state index contributed by atoms with van der Waals surface area (Å²) in [7, 11) is 1.55. The van der Waals surface area contributed by atoms with Crippen LogP contribution in [0, 0.1) is 0 Å². The van der Waals surface area contributed by atoms with Crippen LogP contribution >= 0.6 is 0 Å². The first-order valence-electron chi connectivity index (χ1n) is 8.11. The fraction of sp³-hybridized carbons (Fsp3) is 0.200. The van der Waals surface area contributed by atoms with Gasteiger partial charge in [0.1, 0.15) is 17.2 Å². The molecule has 0 amide bonds. The van der Waals surface area contributed by atoms with E-state index in [1.807, 2.05) is 6.07 Å². The number of allylic oxidation sites excluding steroid dienone is 1. The van der Waals surface area contributed by atoms with Crippen molar-refractivity contribution in [1.82, 2.24) is 0 Å². The maximum atomic E-state index is 12.4. The quantitative estimate of drug-likeness (QED) is 0.586. The van der Waals surface area contributed by atoms with Crippen LogP contribution in [0.1, 0.15) is 22.8 Å². The van der Waals surface area contributed by atoms with Crippen LogP contribution < -0.4 is 14.2 Å². The molecule has 0 unspecified atom stereocenters. The number of ether oxygens (including phenoxy) is 4. The molecular weight excluding hydrogens is 336 g/mol. The number of benzene rings is 2. The van der Waals surface area contributed by atoms with E-state index in [4.69, 9.17) is 18.9 Å². The molecule has 2 aromatic rings. The van der Waals surface area contributed by atoms with Gasteiger partial charge < -0.3 is 18.9 Å². The van der Waals surface area contributed by atoms with E-state index in [0.717, 1.165) is 5.56 Å². The minimum absolute atomic E-state index is 0.172. The smallest absolute Gasteiger partial charge is 0.344 e. The summed E-state index contributed by atoms with van der Waals surface area (Å²) in [6.07, 6.45) is 1.63. The fourth-order valence-corrected chi connectivity index (χ4v) is 2.48. The van der Waals surface area contributed by atoms with E-state index < -0.39 is 5.97 Å². The van der Waals surface area contributed by atoms with Gasteiger partial charge in [0, 0.05) is 6.07 Å². The molecule has 134 valence electrons. The van der Waals surface area contributed by atoms with Gasteiger partial charge in [0.15, 0.2) is 12.4 Å². The van der Waals surface area contributed by atoms with Gasteiger partial charge in [0.05, 0.1) is 19.3 Å². The first kappa shape index (κ1) is 17.5. The highest BCUT2D eigenvalue weighted by atomic mass is 16.6. The zero-order chi connectivity index (χ0) is 18.5. The highest BCUT2D eigenvalue weighted by Gasteiger charge is 2.27. The number of hydrogen-bond donors (Lipinski definition) is 0. The van der Waals surface area contributed by atoms with Gasteiger partial charge in [0.25, 0.3) is 0 Å². The van der Waals surface area contributed by atoms with Gasteiger partial charge in [-0.3, -0.25) is 4.79 Å². The van der Waals surface area contributed by atoms with Crippen molar-refractivity contribution >= 4 is 17.8 Å². The highest BCUT2D eigenvalue weighted by molar-refractivity contribution is 6.14. The molecule has 0 radical (unpaired) electrons. The second-order valence-corrected chi connectivity index (χ2v) is 5.47. The molecule has 0 fully saturated rings. The van der Waals surface area contributed by atoms with E-state index in [9.17, 15) is 9.59 Å². The van der Waals surface area contributed by atoms with Crippen LogP contribution in [-0.2, 0) is 9.53 Å². The van der Waals surface area contributed by atoms with E-state index in [1.165, 1.54) is 0 Å². The SMILES string of the molecule is CCOC(=O)COc1cccc(/C=C2\Oc3cc(OC)ccc3C2=O)c1. The predicted octanol–water partition coefficient (Wildman–Crippen LogP) is 3.25. The maximum absolute atomic E-state index is 12.4. The first-order chi connectivity index (χ1) is 12.6. The summed E-state index contributed by atoms with van der Waals surface area (Å²) in [6, 6.07) is 12.1. The molecule has 0 atom stereocenters. The van der Waals surface area contributed by atoms with Crippen molar-refractivity contribution in [1.29, 1.82) is 0 Å². The summed E-state index contributed by atoms with van der Waals surface area (Å²) in [4.78, 5) is 23.8. The van der Waals surface area contributed by atoms with Gasteiger partial charge in [-0.15, -0.1) is 0 Å². The Bertz CT molecular complexity index is 868. The summed E-state index contributed by atoms with van der Waals surface area (Å²) in [5.74, 6) is 1.17. The molecule has 6 nitrogen and oxygen atoms in total. The van der Waals surface area contributed by atoms with Crippen LogP contribution in [0.3, 0.4) is 0 Å². The average Bonchev–Trinajstić information content (AvgIpc) is 2.95. The number of carbonyl (C=O) groups excluding carboxylic acids is 2. The van der Waals surface area contributed by atoms with E-state index >= 15 is 0 Å². The molecule has 6 heteroatoms. The fourth-order valence-electron chi connectivity index (χ4n) is 2.48. The van der Waals surface area contributed by atoms with Gasteiger partial charge in [-0.2, -0.15) is 0 Å². The lowest BCUT2D eigenvalue weighted by molar-refractivity contribution is -0.145. The van der Waals surface area contributed by atoms with Crippen molar-refractivity contribution in [2.24, 2.45) is 0 Å². The predicted molar refractivity (Wildman–Crippen MR) is 94.5 cm³/mol. The average molecular weight is 354 g/mol. The highest BCUT2D eigenvalue weighted by Crippen LogP contribution is 2.34. The summed E-state index contributed by atoms with van der Waals surface area (Å²) >= 11 is 0. The lowest BCUT2D eigenvalue weighted by atomic mass is 10.1. The molecule has 3 rings (SSSR count). The number of Topliss-reactive ketones (excluding diaryl/α,β-unsaturated/α-hetero) is 1. The topological polar surface area (TPSA) is 71.1 Å². The molecule has 1 aliphatic rings. The number of fused-ring (bicyclic) bond motifs is 1. The van der Waals surface area contributed by atoms with Crippen molar-refractivity contribution in [3.8, 4) is 17.2 Å². The Kier molecular flexibility index (Phi) is 5.22. The molecule has 1 heterocycles. The third-order valence-electron chi connectivity index (χ3n) is 3.69. The molecule has 0 saturated carbocycles. The monoisotopic (exact) mass is 354 g/mol. The largest absolute Gasteiger partial charge is 0.497 e. The van der Waals surface area contributed by atoms with Gasteiger partial charge in [-0.25, -0.2) is 4.79 Å². The molecular formula is C20H18O6. The minimum Gasteiger partial charge on any atom is -0.497 e. The van der Waals surface area contributed by atoms with Crippen molar-refractivity contribution in [2.45, 2.75) is 6.92 Å². The van der Waals surface area contributed by atoms with Crippen LogP contribution in [0.25, 0.3) is 6.08 Å². The number of carbonyl (C=O) groups is 2. The summed E-state index contributed by atoms with van der Waals surface area (Å²) in [5.41, 5.74) is 1.21. The minimum atomic E-state index is -0.435. The second kappa shape index (κ2) is 7.74. The molecule has 2 aromatic carbocycles. The Morgan fingerprint density at radius 3 is 2.77 bits per heavy atom. The zero-order valence-corrected chi connectivity index (χ0v) is 14.5. The van der Waals surface area contributed by atoms with Crippen LogP contribution in [0.5, 0.6) is 17.2 Å². The Morgan fingerprint density at radius 2 is 2.00 bits per heavy atom. The number of ketones is 1. The third kappa shape index (κ3) is 3.85. The Balaban J connectivity index is 1.75. The molecule has 0 saturated heterocycles. The number of rotatable bonds is 6. The number of methoxy groups -OCH3 is 1. The molecule has 0 bridgehead atoms. The molecule has 0 spiro atoms. The van der Waals surface area contributed by atoms with Crippen LogP contribution in [0.4, 0.5) is 0 Å². The standard InChI is InChI=1S/C20H18O6/c1-3-24-19(21)12-25-15-6-4-5-13(9-15)10-18-20(22)16-8-7-14(23-2)11-17(16)26-18/h4-11H,3,12H2,1-2H3/b18-10-. The maximum Gasteiger partial charge on any atom is 0.344 e. The van der Waals surface area contributed by atoms with E-state index in [1.54, 1.807) is 56.5 Å². The van der Waals surface area contributed by atoms with Crippen LogP contribution in [0.2, 0.25) is 0 Å².